The summed E-state index contributed by atoms with van der Waals surface area (Å²) >= 11 is 0. The SMILES string of the molecule is CCC(C)[C@H](NC(=O)[C@@H](C[C@H](O)[C@H](CC1CCCCC1)NC(=O)C(Cc1cnc[nH]1)NC(=O)COc1cccc2ccccc12)C(C)C)C(=O)NCc1ccccn1. The summed E-state index contributed by atoms with van der Waals surface area (Å²) in [7, 11) is 0. The molecule has 13 nitrogen and oxygen atoms in total. The number of carbonyl (C=O) groups is 4. The Morgan fingerprint density at radius 1 is 0.897 bits per heavy atom. The Balaban J connectivity index is 1.29. The fraction of sp³-hybridized carbons (Fsp3) is 0.511. The van der Waals surface area contributed by atoms with Crippen LogP contribution in [0.1, 0.15) is 90.4 Å². The Hall–Kier alpha value is -5.30. The molecular formula is C45H61N7O6. The van der Waals surface area contributed by atoms with E-state index in [0.717, 1.165) is 42.9 Å². The van der Waals surface area contributed by atoms with Crippen molar-refractivity contribution >= 4 is 34.4 Å². The smallest absolute Gasteiger partial charge is 0.258 e. The molecule has 0 radical (unpaired) electrons. The molecule has 0 saturated heterocycles. The lowest BCUT2D eigenvalue weighted by molar-refractivity contribution is -0.134. The van der Waals surface area contributed by atoms with E-state index in [9.17, 15) is 24.3 Å². The van der Waals surface area contributed by atoms with Gasteiger partial charge in [-0.1, -0.05) is 109 Å². The van der Waals surface area contributed by atoms with Crippen molar-refractivity contribution in [1.82, 2.24) is 36.2 Å². The predicted molar refractivity (Wildman–Crippen MR) is 223 cm³/mol. The van der Waals surface area contributed by atoms with Crippen LogP contribution in [0.15, 0.2) is 79.4 Å². The van der Waals surface area contributed by atoms with E-state index in [1.54, 1.807) is 24.5 Å². The molecule has 0 bridgehead atoms. The molecule has 2 unspecified atom stereocenters. The molecule has 1 fully saturated rings. The molecule has 6 N–H and O–H groups in total. The first-order valence-electron chi connectivity index (χ1n) is 20.9. The molecule has 1 aliphatic carbocycles. The van der Waals surface area contributed by atoms with Crippen molar-refractivity contribution < 1.29 is 29.0 Å². The molecule has 5 rings (SSSR count). The minimum absolute atomic E-state index is 0.0698. The van der Waals surface area contributed by atoms with E-state index < -0.39 is 42.0 Å². The van der Waals surface area contributed by atoms with E-state index in [1.807, 2.05) is 76.2 Å². The molecule has 0 spiro atoms. The fourth-order valence-corrected chi connectivity index (χ4v) is 7.76. The summed E-state index contributed by atoms with van der Waals surface area (Å²) in [4.78, 5) is 66.5. The van der Waals surface area contributed by atoms with Gasteiger partial charge in [0.15, 0.2) is 6.61 Å². The molecule has 1 aliphatic rings. The third kappa shape index (κ3) is 12.9. The van der Waals surface area contributed by atoms with Gasteiger partial charge in [0, 0.05) is 35.8 Å². The second kappa shape index (κ2) is 22.0. The van der Waals surface area contributed by atoms with Gasteiger partial charge in [0.05, 0.1) is 30.7 Å². The summed E-state index contributed by atoms with van der Waals surface area (Å²) in [6.45, 7) is 7.66. The first-order valence-corrected chi connectivity index (χ1v) is 20.9. The number of hydrogen-bond acceptors (Lipinski definition) is 8. The van der Waals surface area contributed by atoms with Crippen LogP contribution in [0, 0.1) is 23.7 Å². The zero-order valence-electron chi connectivity index (χ0n) is 34.3. The number of aliphatic hydroxyl groups excluding tert-OH is 1. The van der Waals surface area contributed by atoms with Crippen molar-refractivity contribution in [3.8, 4) is 5.75 Å². The van der Waals surface area contributed by atoms with Gasteiger partial charge >= 0.3 is 0 Å². The molecule has 58 heavy (non-hydrogen) atoms. The van der Waals surface area contributed by atoms with Crippen LogP contribution in [0.25, 0.3) is 10.8 Å². The zero-order chi connectivity index (χ0) is 41.4. The molecular weight excluding hydrogens is 735 g/mol. The summed E-state index contributed by atoms with van der Waals surface area (Å²) in [6.07, 6.45) is 10.4. The molecule has 0 aliphatic heterocycles. The molecule has 2 aromatic heterocycles. The van der Waals surface area contributed by atoms with E-state index in [1.165, 1.54) is 6.33 Å². The molecule has 312 valence electrons. The number of rotatable bonds is 21. The Kier molecular flexibility index (Phi) is 16.6. The average molecular weight is 796 g/mol. The second-order valence-corrected chi connectivity index (χ2v) is 16.1. The van der Waals surface area contributed by atoms with Gasteiger partial charge in [-0.15, -0.1) is 0 Å². The first-order chi connectivity index (χ1) is 28.0. The summed E-state index contributed by atoms with van der Waals surface area (Å²) < 4.78 is 5.93. The highest BCUT2D eigenvalue weighted by molar-refractivity contribution is 5.91. The molecule has 4 amide bonds. The summed E-state index contributed by atoms with van der Waals surface area (Å²) in [5, 5.41) is 25.7. The number of nitrogens with one attached hydrogen (secondary N) is 5. The Labute approximate surface area is 341 Å². The number of aromatic amines is 1. The minimum atomic E-state index is -1.08. The summed E-state index contributed by atoms with van der Waals surface area (Å²) in [5.41, 5.74) is 1.36. The molecule has 2 heterocycles. The molecule has 4 aromatic rings. The standard InChI is InChI=1S/C45H61N7O6/c1-5-30(4)42(45(57)48-26-33-18-11-12-21-47-33)52-43(55)36(29(2)3)24-39(53)37(22-31-14-7-6-8-15-31)51-44(56)38(23-34-25-46-28-49-34)50-41(54)27-58-40-20-13-17-32-16-9-10-19-35(32)40/h9-13,16-21,25,28-31,36-39,42,53H,5-8,14-15,22-24,26-27H2,1-4H3,(H,46,49)(H,48,57)(H,50,54)(H,51,56)(H,52,55)/t30?,36-,37-,38?,39-,42-/m0/s1. The van der Waals surface area contributed by atoms with E-state index in [2.05, 4.69) is 36.2 Å². The van der Waals surface area contributed by atoms with Gasteiger partial charge in [0.2, 0.25) is 17.7 Å². The number of hydrogen-bond donors (Lipinski definition) is 6. The quantitative estimate of drug-likeness (QED) is 0.0648. The number of aromatic nitrogens is 3. The monoisotopic (exact) mass is 795 g/mol. The topological polar surface area (TPSA) is 187 Å². The van der Waals surface area contributed by atoms with Crippen molar-refractivity contribution in [1.29, 1.82) is 0 Å². The van der Waals surface area contributed by atoms with Gasteiger partial charge in [0.1, 0.15) is 17.8 Å². The number of ether oxygens (including phenoxy) is 1. The van der Waals surface area contributed by atoms with Crippen molar-refractivity contribution in [3.05, 3.63) is 90.8 Å². The van der Waals surface area contributed by atoms with E-state index in [-0.39, 0.29) is 55.6 Å². The predicted octanol–water partition coefficient (Wildman–Crippen LogP) is 5.39. The van der Waals surface area contributed by atoms with Gasteiger partial charge in [0.25, 0.3) is 5.91 Å². The summed E-state index contributed by atoms with van der Waals surface area (Å²) in [6, 6.07) is 16.4. The zero-order valence-corrected chi connectivity index (χ0v) is 34.3. The number of aliphatic hydroxyl groups is 1. The normalized spacial score (nSPS) is 16.4. The van der Waals surface area contributed by atoms with Crippen LogP contribution in [0.3, 0.4) is 0 Å². The molecule has 2 aromatic carbocycles. The van der Waals surface area contributed by atoms with Crippen LogP contribution in [0.2, 0.25) is 0 Å². The average Bonchev–Trinajstić information content (AvgIpc) is 3.76. The number of imidazole rings is 1. The molecule has 13 heteroatoms. The van der Waals surface area contributed by atoms with Crippen molar-refractivity contribution in [2.45, 2.75) is 116 Å². The minimum Gasteiger partial charge on any atom is -0.483 e. The largest absolute Gasteiger partial charge is 0.483 e. The van der Waals surface area contributed by atoms with E-state index in [0.29, 0.717) is 30.0 Å². The highest BCUT2D eigenvalue weighted by Gasteiger charge is 2.36. The Bertz CT molecular complexity index is 1890. The number of carbonyl (C=O) groups excluding carboxylic acids is 4. The van der Waals surface area contributed by atoms with Gasteiger partial charge in [-0.05, 0) is 54.2 Å². The maximum Gasteiger partial charge on any atom is 0.258 e. The van der Waals surface area contributed by atoms with Crippen LogP contribution in [0.5, 0.6) is 5.75 Å². The highest BCUT2D eigenvalue weighted by Crippen LogP contribution is 2.30. The van der Waals surface area contributed by atoms with E-state index >= 15 is 0 Å². The third-order valence-electron chi connectivity index (χ3n) is 11.4. The van der Waals surface area contributed by atoms with E-state index in [4.69, 9.17) is 4.74 Å². The van der Waals surface area contributed by atoms with Crippen LogP contribution in [0.4, 0.5) is 0 Å². The van der Waals surface area contributed by atoms with Crippen molar-refractivity contribution in [2.75, 3.05) is 6.61 Å². The summed E-state index contributed by atoms with van der Waals surface area (Å²) in [5.74, 6) is -1.70. The van der Waals surface area contributed by atoms with Gasteiger partial charge in [-0.3, -0.25) is 24.2 Å². The van der Waals surface area contributed by atoms with Gasteiger partial charge < -0.3 is 36.1 Å². The number of fused-ring (bicyclic) bond motifs is 1. The van der Waals surface area contributed by atoms with Crippen LogP contribution < -0.4 is 26.0 Å². The second-order valence-electron chi connectivity index (χ2n) is 16.1. The van der Waals surface area contributed by atoms with Crippen molar-refractivity contribution in [2.24, 2.45) is 23.7 Å². The van der Waals surface area contributed by atoms with Crippen LogP contribution in [-0.4, -0.2) is 74.5 Å². The maximum absolute atomic E-state index is 14.2. The number of benzene rings is 2. The Morgan fingerprint density at radius 3 is 2.36 bits per heavy atom. The van der Waals surface area contributed by atoms with Crippen LogP contribution >= 0.6 is 0 Å². The molecule has 1 saturated carbocycles. The Morgan fingerprint density at radius 2 is 1.66 bits per heavy atom. The molecule has 6 atom stereocenters. The lowest BCUT2D eigenvalue weighted by Crippen LogP contribution is -2.55. The van der Waals surface area contributed by atoms with Gasteiger partial charge in [-0.25, -0.2) is 4.98 Å². The van der Waals surface area contributed by atoms with Crippen molar-refractivity contribution in [3.63, 3.8) is 0 Å². The lowest BCUT2D eigenvalue weighted by atomic mass is 9.81. The van der Waals surface area contributed by atoms with Gasteiger partial charge in [-0.2, -0.15) is 0 Å². The number of amides is 4. The van der Waals surface area contributed by atoms with Crippen LogP contribution in [-0.2, 0) is 32.1 Å². The first kappa shape index (κ1) is 43.8. The fourth-order valence-electron chi connectivity index (χ4n) is 7.76. The highest BCUT2D eigenvalue weighted by atomic mass is 16.5. The lowest BCUT2D eigenvalue weighted by Gasteiger charge is -2.34. The maximum atomic E-state index is 14.2. The number of H-pyrrole nitrogens is 1. The number of nitrogens with zero attached hydrogens (tertiary/aromatic N) is 2. The third-order valence-corrected chi connectivity index (χ3v) is 11.4. The number of pyridine rings is 1.